The third kappa shape index (κ3) is 4.43. The summed E-state index contributed by atoms with van der Waals surface area (Å²) in [7, 11) is 3.25. The molecule has 3 aromatic rings. The minimum atomic E-state index is -0.988. The van der Waals surface area contributed by atoms with Crippen molar-refractivity contribution in [2.75, 3.05) is 14.1 Å². The van der Waals surface area contributed by atoms with Crippen LogP contribution in [0, 0.1) is 6.92 Å². The number of esters is 1. The molecular weight excluding hydrogens is 364 g/mol. The lowest BCUT2D eigenvalue weighted by Crippen LogP contribution is -2.31. The van der Waals surface area contributed by atoms with E-state index >= 15 is 0 Å². The van der Waals surface area contributed by atoms with E-state index in [-0.39, 0.29) is 12.3 Å². The molecule has 0 aliphatic heterocycles. The standard InChI is InChI=1S/C20H20N2O4S/c1-13-15(21-19(25-13)16-10-7-11-27-16)12-17(23)26-18(20(24)22(2)3)14-8-5-4-6-9-14/h4-11,18H,12H2,1-3H3. The van der Waals surface area contributed by atoms with Crippen LogP contribution in [-0.2, 0) is 20.7 Å². The fourth-order valence-electron chi connectivity index (χ4n) is 2.53. The third-order valence-electron chi connectivity index (χ3n) is 3.95. The lowest BCUT2D eigenvalue weighted by Gasteiger charge is -2.21. The van der Waals surface area contributed by atoms with E-state index in [9.17, 15) is 9.59 Å². The fourth-order valence-corrected chi connectivity index (χ4v) is 3.18. The molecule has 0 aliphatic rings. The summed E-state index contributed by atoms with van der Waals surface area (Å²) in [5.41, 5.74) is 1.13. The second kappa shape index (κ2) is 8.18. The average molecular weight is 384 g/mol. The highest BCUT2D eigenvalue weighted by molar-refractivity contribution is 7.13. The summed E-state index contributed by atoms with van der Waals surface area (Å²) in [5.74, 6) is 0.207. The topological polar surface area (TPSA) is 72.6 Å². The molecule has 7 heteroatoms. The quantitative estimate of drug-likeness (QED) is 0.607. The van der Waals surface area contributed by atoms with E-state index in [1.807, 2.05) is 23.6 Å². The molecule has 1 atom stereocenters. The van der Waals surface area contributed by atoms with Crippen LogP contribution in [0.25, 0.3) is 10.8 Å². The first-order valence-corrected chi connectivity index (χ1v) is 9.29. The summed E-state index contributed by atoms with van der Waals surface area (Å²) in [5, 5.41) is 1.93. The van der Waals surface area contributed by atoms with Crippen LogP contribution in [0.4, 0.5) is 0 Å². The second-order valence-electron chi connectivity index (χ2n) is 6.19. The number of thiophene rings is 1. The SMILES string of the molecule is Cc1oc(-c2cccs2)nc1CC(=O)OC(C(=O)N(C)C)c1ccccc1. The number of hydrogen-bond donors (Lipinski definition) is 0. The van der Waals surface area contributed by atoms with E-state index in [0.717, 1.165) is 4.88 Å². The van der Waals surface area contributed by atoms with Gasteiger partial charge in [0, 0.05) is 19.7 Å². The van der Waals surface area contributed by atoms with Crippen molar-refractivity contribution in [1.29, 1.82) is 0 Å². The smallest absolute Gasteiger partial charge is 0.313 e. The van der Waals surface area contributed by atoms with Gasteiger partial charge in [0.2, 0.25) is 12.0 Å². The molecule has 140 valence electrons. The zero-order valence-corrected chi connectivity index (χ0v) is 16.2. The van der Waals surface area contributed by atoms with Crippen molar-refractivity contribution in [2.45, 2.75) is 19.4 Å². The Kier molecular flexibility index (Phi) is 5.71. The van der Waals surface area contributed by atoms with Crippen LogP contribution in [0.5, 0.6) is 0 Å². The molecule has 1 aromatic carbocycles. The van der Waals surface area contributed by atoms with Crippen molar-refractivity contribution in [3.05, 3.63) is 64.9 Å². The van der Waals surface area contributed by atoms with Gasteiger partial charge < -0.3 is 14.1 Å². The first-order valence-electron chi connectivity index (χ1n) is 8.41. The largest absolute Gasteiger partial charge is 0.447 e. The minimum absolute atomic E-state index is 0.0647. The predicted molar refractivity (Wildman–Crippen MR) is 102 cm³/mol. The van der Waals surface area contributed by atoms with Crippen LogP contribution in [0.15, 0.2) is 52.3 Å². The molecule has 0 aliphatic carbocycles. The summed E-state index contributed by atoms with van der Waals surface area (Å²) >= 11 is 1.51. The predicted octanol–water partition coefficient (Wildman–Crippen LogP) is 3.63. The number of aryl methyl sites for hydroxylation is 1. The molecule has 2 aromatic heterocycles. The number of carbonyl (C=O) groups excluding carboxylic acids is 2. The van der Waals surface area contributed by atoms with Gasteiger partial charge in [0.25, 0.3) is 5.91 Å². The zero-order valence-electron chi connectivity index (χ0n) is 15.3. The molecule has 0 spiro atoms. The highest BCUT2D eigenvalue weighted by atomic mass is 32.1. The second-order valence-corrected chi connectivity index (χ2v) is 7.14. The molecule has 0 fully saturated rings. The number of carbonyl (C=O) groups is 2. The fraction of sp³-hybridized carbons (Fsp3) is 0.250. The van der Waals surface area contributed by atoms with Crippen molar-refractivity contribution in [2.24, 2.45) is 0 Å². The first kappa shape index (κ1) is 18.8. The lowest BCUT2D eigenvalue weighted by atomic mass is 10.1. The number of amides is 1. The van der Waals surface area contributed by atoms with Gasteiger partial charge in [0.05, 0.1) is 17.0 Å². The Morgan fingerprint density at radius 1 is 1.19 bits per heavy atom. The molecule has 2 heterocycles. The van der Waals surface area contributed by atoms with Crippen molar-refractivity contribution in [3.8, 4) is 10.8 Å². The van der Waals surface area contributed by atoms with Crippen molar-refractivity contribution in [1.82, 2.24) is 9.88 Å². The molecule has 1 amide bonds. The number of benzene rings is 1. The highest BCUT2D eigenvalue weighted by Crippen LogP contribution is 2.27. The van der Waals surface area contributed by atoms with Crippen LogP contribution >= 0.6 is 11.3 Å². The molecule has 0 N–H and O–H groups in total. The monoisotopic (exact) mass is 384 g/mol. The Labute approximate surface area is 161 Å². The summed E-state index contributed by atoms with van der Waals surface area (Å²) < 4.78 is 11.2. The molecule has 6 nitrogen and oxygen atoms in total. The molecule has 27 heavy (non-hydrogen) atoms. The molecule has 0 radical (unpaired) electrons. The van der Waals surface area contributed by atoms with Gasteiger partial charge in [-0.05, 0) is 18.4 Å². The molecular formula is C20H20N2O4S. The van der Waals surface area contributed by atoms with Gasteiger partial charge >= 0.3 is 5.97 Å². The zero-order chi connectivity index (χ0) is 19.4. The van der Waals surface area contributed by atoms with E-state index in [2.05, 4.69) is 4.98 Å². The van der Waals surface area contributed by atoms with Crippen LogP contribution < -0.4 is 0 Å². The van der Waals surface area contributed by atoms with Crippen LogP contribution in [0.2, 0.25) is 0 Å². The first-order chi connectivity index (χ1) is 13.0. The Morgan fingerprint density at radius 3 is 2.56 bits per heavy atom. The van der Waals surface area contributed by atoms with Gasteiger partial charge in [0.15, 0.2) is 0 Å². The van der Waals surface area contributed by atoms with E-state index in [1.54, 1.807) is 45.3 Å². The van der Waals surface area contributed by atoms with Crippen molar-refractivity contribution in [3.63, 3.8) is 0 Å². The number of oxazole rings is 1. The van der Waals surface area contributed by atoms with Crippen LogP contribution in [-0.4, -0.2) is 35.9 Å². The maximum Gasteiger partial charge on any atom is 0.313 e. The van der Waals surface area contributed by atoms with E-state index in [4.69, 9.17) is 9.15 Å². The van der Waals surface area contributed by atoms with Crippen LogP contribution in [0.3, 0.4) is 0 Å². The molecule has 0 saturated heterocycles. The van der Waals surface area contributed by atoms with Gasteiger partial charge in [-0.2, -0.15) is 0 Å². The molecule has 0 bridgehead atoms. The summed E-state index contributed by atoms with van der Waals surface area (Å²) in [4.78, 5) is 31.7. The van der Waals surface area contributed by atoms with Gasteiger partial charge in [-0.3, -0.25) is 9.59 Å². The Hall–Kier alpha value is -2.93. The maximum absolute atomic E-state index is 12.5. The number of hydrogen-bond acceptors (Lipinski definition) is 6. The Morgan fingerprint density at radius 2 is 1.93 bits per heavy atom. The van der Waals surface area contributed by atoms with Crippen molar-refractivity contribution < 1.29 is 18.7 Å². The number of likely N-dealkylation sites (N-methyl/N-ethyl adjacent to an activating group) is 1. The van der Waals surface area contributed by atoms with Crippen LogP contribution in [0.1, 0.15) is 23.1 Å². The summed E-state index contributed by atoms with van der Waals surface area (Å²) in [6.45, 7) is 1.76. The Balaban J connectivity index is 1.76. The van der Waals surface area contributed by atoms with Crippen molar-refractivity contribution >= 4 is 23.2 Å². The third-order valence-corrected chi connectivity index (χ3v) is 4.81. The van der Waals surface area contributed by atoms with E-state index in [1.165, 1.54) is 16.2 Å². The normalized spacial score (nSPS) is 11.8. The maximum atomic E-state index is 12.5. The van der Waals surface area contributed by atoms with E-state index < -0.39 is 12.1 Å². The van der Waals surface area contributed by atoms with Gasteiger partial charge in [-0.25, -0.2) is 4.98 Å². The lowest BCUT2D eigenvalue weighted by molar-refractivity contribution is -0.159. The molecule has 3 rings (SSSR count). The number of aromatic nitrogens is 1. The minimum Gasteiger partial charge on any atom is -0.447 e. The van der Waals surface area contributed by atoms with Gasteiger partial charge in [0.1, 0.15) is 5.76 Å². The summed E-state index contributed by atoms with van der Waals surface area (Å²) in [6.07, 6.45) is -1.05. The highest BCUT2D eigenvalue weighted by Gasteiger charge is 2.27. The summed E-state index contributed by atoms with van der Waals surface area (Å²) in [6, 6.07) is 12.8. The number of nitrogens with zero attached hydrogens (tertiary/aromatic N) is 2. The number of rotatable bonds is 6. The molecule has 0 saturated carbocycles. The van der Waals surface area contributed by atoms with Gasteiger partial charge in [-0.15, -0.1) is 11.3 Å². The molecule has 1 unspecified atom stereocenters. The number of ether oxygens (including phenoxy) is 1. The Bertz CT molecular complexity index is 917. The van der Waals surface area contributed by atoms with Gasteiger partial charge in [-0.1, -0.05) is 36.4 Å². The van der Waals surface area contributed by atoms with E-state index in [0.29, 0.717) is 22.9 Å². The average Bonchev–Trinajstić information content (AvgIpc) is 3.30.